The number of hydrogen-bond donors (Lipinski definition) is 1. The van der Waals surface area contributed by atoms with Crippen LogP contribution < -0.4 is 10.5 Å². The van der Waals surface area contributed by atoms with Gasteiger partial charge in [0.2, 0.25) is 0 Å². The first-order valence-corrected chi connectivity index (χ1v) is 6.36. The Morgan fingerprint density at radius 1 is 1.11 bits per heavy atom. The molecule has 0 aliphatic heterocycles. The number of ether oxygens (including phenoxy) is 1. The fourth-order valence-electron chi connectivity index (χ4n) is 1.83. The Balaban J connectivity index is 2.45. The zero-order valence-electron chi connectivity index (χ0n) is 10.2. The van der Waals surface area contributed by atoms with Gasteiger partial charge < -0.3 is 10.5 Å². The molecule has 0 saturated carbocycles. The molecule has 100 valence electrons. The average Bonchev–Trinajstić information content (AvgIpc) is 2.41. The minimum Gasteiger partial charge on any atom is -0.496 e. The highest BCUT2D eigenvalue weighted by atomic mass is 79.9. The average molecular weight is 328 g/mol. The van der Waals surface area contributed by atoms with Crippen molar-refractivity contribution in [3.8, 4) is 5.75 Å². The van der Waals surface area contributed by atoms with Gasteiger partial charge in [-0.1, -0.05) is 22.0 Å². The first-order valence-electron chi connectivity index (χ1n) is 5.57. The standard InChI is InChI=1S/C14H12BrF2NO/c1-19-13-5-3-9(15)7-10(13)14(18)8-2-4-11(16)12(17)6-8/h2-7,14H,18H2,1H3. The molecule has 0 fully saturated rings. The highest BCUT2D eigenvalue weighted by Crippen LogP contribution is 2.31. The Hall–Kier alpha value is -1.46. The third-order valence-corrected chi connectivity index (χ3v) is 3.32. The van der Waals surface area contributed by atoms with Gasteiger partial charge in [0, 0.05) is 10.0 Å². The Morgan fingerprint density at radius 2 is 1.84 bits per heavy atom. The van der Waals surface area contributed by atoms with E-state index in [2.05, 4.69) is 15.9 Å². The van der Waals surface area contributed by atoms with Crippen molar-refractivity contribution in [1.29, 1.82) is 0 Å². The van der Waals surface area contributed by atoms with Crippen LogP contribution in [0.25, 0.3) is 0 Å². The monoisotopic (exact) mass is 327 g/mol. The van der Waals surface area contributed by atoms with Crippen LogP contribution in [0.2, 0.25) is 0 Å². The Bertz CT molecular complexity index is 604. The van der Waals surface area contributed by atoms with E-state index in [4.69, 9.17) is 10.5 Å². The molecular weight excluding hydrogens is 316 g/mol. The van der Waals surface area contributed by atoms with Gasteiger partial charge in [0.25, 0.3) is 0 Å². The van der Waals surface area contributed by atoms with Crippen LogP contribution in [0.1, 0.15) is 17.2 Å². The maximum atomic E-state index is 13.2. The summed E-state index contributed by atoms with van der Waals surface area (Å²) < 4.78 is 32.2. The molecule has 0 spiro atoms. The molecule has 2 rings (SSSR count). The van der Waals surface area contributed by atoms with Crippen molar-refractivity contribution in [3.63, 3.8) is 0 Å². The Morgan fingerprint density at radius 3 is 2.47 bits per heavy atom. The first-order chi connectivity index (χ1) is 9.02. The minimum absolute atomic E-state index is 0.482. The van der Waals surface area contributed by atoms with E-state index >= 15 is 0 Å². The molecule has 2 N–H and O–H groups in total. The van der Waals surface area contributed by atoms with Crippen molar-refractivity contribution in [3.05, 3.63) is 63.6 Å². The lowest BCUT2D eigenvalue weighted by atomic mass is 9.98. The van der Waals surface area contributed by atoms with Crippen LogP contribution in [-0.2, 0) is 0 Å². The SMILES string of the molecule is COc1ccc(Br)cc1C(N)c1ccc(F)c(F)c1. The molecule has 0 aliphatic rings. The molecule has 0 saturated heterocycles. The van der Waals surface area contributed by atoms with Gasteiger partial charge >= 0.3 is 0 Å². The van der Waals surface area contributed by atoms with Crippen LogP contribution in [0, 0.1) is 11.6 Å². The zero-order chi connectivity index (χ0) is 14.0. The molecule has 2 nitrogen and oxygen atoms in total. The largest absolute Gasteiger partial charge is 0.496 e. The molecular formula is C14H12BrF2NO. The van der Waals surface area contributed by atoms with Gasteiger partial charge in [0.1, 0.15) is 5.75 Å². The fourth-order valence-corrected chi connectivity index (χ4v) is 2.21. The second-order valence-electron chi connectivity index (χ2n) is 4.04. The van der Waals surface area contributed by atoms with Gasteiger partial charge in [-0.2, -0.15) is 0 Å². The minimum atomic E-state index is -0.915. The van der Waals surface area contributed by atoms with Gasteiger partial charge in [0.05, 0.1) is 13.2 Å². The molecule has 1 atom stereocenters. The second kappa shape index (κ2) is 5.67. The summed E-state index contributed by atoms with van der Waals surface area (Å²) in [5.41, 5.74) is 7.27. The third-order valence-electron chi connectivity index (χ3n) is 2.83. The molecule has 2 aromatic rings. The van der Waals surface area contributed by atoms with Crippen LogP contribution in [0.15, 0.2) is 40.9 Å². The summed E-state index contributed by atoms with van der Waals surface area (Å²) in [5.74, 6) is -1.21. The van der Waals surface area contributed by atoms with Crippen LogP contribution in [0.4, 0.5) is 8.78 Å². The van der Waals surface area contributed by atoms with Crippen molar-refractivity contribution >= 4 is 15.9 Å². The van der Waals surface area contributed by atoms with Crippen molar-refractivity contribution < 1.29 is 13.5 Å². The van der Waals surface area contributed by atoms with Crippen LogP contribution in [0.3, 0.4) is 0 Å². The van der Waals surface area contributed by atoms with Gasteiger partial charge in [-0.15, -0.1) is 0 Å². The van der Waals surface area contributed by atoms with Gasteiger partial charge in [-0.05, 0) is 35.9 Å². The molecule has 0 bridgehead atoms. The Kier molecular flexibility index (Phi) is 4.17. The highest BCUT2D eigenvalue weighted by molar-refractivity contribution is 9.10. The summed E-state index contributed by atoms with van der Waals surface area (Å²) in [4.78, 5) is 0. The van der Waals surface area contributed by atoms with Gasteiger partial charge in [-0.25, -0.2) is 8.78 Å². The summed E-state index contributed by atoms with van der Waals surface area (Å²) in [6, 6.07) is 8.41. The first kappa shape index (κ1) is 14.0. The van der Waals surface area contributed by atoms with Gasteiger partial charge in [0.15, 0.2) is 11.6 Å². The summed E-state index contributed by atoms with van der Waals surface area (Å²) >= 11 is 3.35. The van der Waals surface area contributed by atoms with Crippen LogP contribution in [0.5, 0.6) is 5.75 Å². The summed E-state index contributed by atoms with van der Waals surface area (Å²) in [7, 11) is 1.53. The van der Waals surface area contributed by atoms with E-state index in [-0.39, 0.29) is 0 Å². The molecule has 19 heavy (non-hydrogen) atoms. The van der Waals surface area contributed by atoms with E-state index in [0.717, 1.165) is 16.6 Å². The quantitative estimate of drug-likeness (QED) is 0.931. The third kappa shape index (κ3) is 2.93. The van der Waals surface area contributed by atoms with E-state index in [1.165, 1.54) is 13.2 Å². The summed E-state index contributed by atoms with van der Waals surface area (Å²) in [5, 5.41) is 0. The lowest BCUT2D eigenvalue weighted by Crippen LogP contribution is -2.13. The zero-order valence-corrected chi connectivity index (χ0v) is 11.7. The van der Waals surface area contributed by atoms with E-state index in [0.29, 0.717) is 16.9 Å². The molecule has 0 radical (unpaired) electrons. The predicted octanol–water partition coefficient (Wildman–Crippen LogP) is 3.78. The van der Waals surface area contributed by atoms with E-state index in [1.807, 2.05) is 6.07 Å². The van der Waals surface area contributed by atoms with Crippen LogP contribution in [-0.4, -0.2) is 7.11 Å². The molecule has 0 heterocycles. The topological polar surface area (TPSA) is 35.2 Å². The lowest BCUT2D eigenvalue weighted by Gasteiger charge is -2.16. The second-order valence-corrected chi connectivity index (χ2v) is 4.95. The maximum absolute atomic E-state index is 13.2. The number of nitrogens with two attached hydrogens (primary N) is 1. The van der Waals surface area contributed by atoms with E-state index < -0.39 is 17.7 Å². The van der Waals surface area contributed by atoms with Gasteiger partial charge in [-0.3, -0.25) is 0 Å². The number of rotatable bonds is 3. The summed E-state index contributed by atoms with van der Waals surface area (Å²) in [6.07, 6.45) is 0. The Labute approximate surface area is 118 Å². The van der Waals surface area contributed by atoms with E-state index in [9.17, 15) is 8.78 Å². The molecule has 0 aliphatic carbocycles. The molecule has 5 heteroatoms. The number of benzene rings is 2. The van der Waals surface area contributed by atoms with Crippen molar-refractivity contribution in [2.75, 3.05) is 7.11 Å². The molecule has 1 unspecified atom stereocenters. The maximum Gasteiger partial charge on any atom is 0.159 e. The van der Waals surface area contributed by atoms with Crippen molar-refractivity contribution in [1.82, 2.24) is 0 Å². The lowest BCUT2D eigenvalue weighted by molar-refractivity contribution is 0.407. The predicted molar refractivity (Wildman–Crippen MR) is 73.1 cm³/mol. The number of hydrogen-bond acceptors (Lipinski definition) is 2. The van der Waals surface area contributed by atoms with Crippen molar-refractivity contribution in [2.24, 2.45) is 5.73 Å². The number of methoxy groups -OCH3 is 1. The highest BCUT2D eigenvalue weighted by Gasteiger charge is 2.16. The number of halogens is 3. The van der Waals surface area contributed by atoms with E-state index in [1.54, 1.807) is 12.1 Å². The normalized spacial score (nSPS) is 12.3. The molecule has 0 amide bonds. The summed E-state index contributed by atoms with van der Waals surface area (Å²) in [6.45, 7) is 0. The fraction of sp³-hybridized carbons (Fsp3) is 0.143. The van der Waals surface area contributed by atoms with Crippen LogP contribution >= 0.6 is 15.9 Å². The molecule has 0 aromatic heterocycles. The smallest absolute Gasteiger partial charge is 0.159 e. The van der Waals surface area contributed by atoms with Crippen molar-refractivity contribution in [2.45, 2.75) is 6.04 Å². The molecule has 2 aromatic carbocycles.